The van der Waals surface area contributed by atoms with Gasteiger partial charge < -0.3 is 10.6 Å². The van der Waals surface area contributed by atoms with Crippen molar-refractivity contribution in [1.29, 1.82) is 0 Å². The molecule has 1 fully saturated rings. The molecule has 0 saturated carbocycles. The maximum atomic E-state index is 12.8. The Morgan fingerprint density at radius 3 is 2.33 bits per heavy atom. The van der Waals surface area contributed by atoms with E-state index in [4.69, 9.17) is 0 Å². The second-order valence-corrected chi connectivity index (χ2v) is 6.39. The molecule has 0 spiro atoms. The number of nitrogens with one attached hydrogen (secondary N) is 2. The van der Waals surface area contributed by atoms with Crippen molar-refractivity contribution in [3.05, 3.63) is 46.4 Å². The Bertz CT molecular complexity index is 813. The molecule has 0 aliphatic carbocycles. The molecule has 3 rings (SSSR count). The minimum absolute atomic E-state index is 0. The van der Waals surface area contributed by atoms with E-state index in [1.807, 2.05) is 51.2 Å². The summed E-state index contributed by atoms with van der Waals surface area (Å²) in [7, 11) is 1.82. The molecule has 1 atom stereocenters. The first kappa shape index (κ1) is 23.2. The van der Waals surface area contributed by atoms with Crippen LogP contribution < -0.4 is 16.2 Å². The minimum Gasteiger partial charge on any atom is -0.319 e. The standard InChI is InChI=1S/C18H25N5O2.2ClH/c1-13-16(20-17(24)14(2)22-11-9-19-10-12-22)18(25)23(21(13)3)15-7-5-4-6-8-15;;/h4-8,14,19H,9-12H2,1-3H3,(H,20,24);2*1H. The van der Waals surface area contributed by atoms with Gasteiger partial charge in [0.2, 0.25) is 5.91 Å². The first-order valence-corrected chi connectivity index (χ1v) is 8.60. The van der Waals surface area contributed by atoms with E-state index < -0.39 is 0 Å². The van der Waals surface area contributed by atoms with Crippen molar-refractivity contribution in [3.8, 4) is 5.69 Å². The van der Waals surface area contributed by atoms with E-state index in [0.717, 1.165) is 37.6 Å². The van der Waals surface area contributed by atoms with Crippen LogP contribution in [-0.4, -0.2) is 52.4 Å². The van der Waals surface area contributed by atoms with E-state index >= 15 is 0 Å². The number of para-hydroxylation sites is 1. The fourth-order valence-electron chi connectivity index (χ4n) is 3.18. The van der Waals surface area contributed by atoms with Crippen LogP contribution in [-0.2, 0) is 11.8 Å². The van der Waals surface area contributed by atoms with Gasteiger partial charge in [0.05, 0.1) is 17.4 Å². The molecule has 0 radical (unpaired) electrons. The van der Waals surface area contributed by atoms with Crippen LogP contribution >= 0.6 is 24.8 Å². The fourth-order valence-corrected chi connectivity index (χ4v) is 3.18. The fraction of sp³-hybridized carbons (Fsp3) is 0.444. The molecule has 1 saturated heterocycles. The Balaban J connectivity index is 0.00000182. The molecule has 7 nitrogen and oxygen atoms in total. The third-order valence-electron chi connectivity index (χ3n) is 4.88. The van der Waals surface area contributed by atoms with Gasteiger partial charge in [-0.1, -0.05) is 18.2 Å². The smallest absolute Gasteiger partial charge is 0.295 e. The Kier molecular flexibility index (Phi) is 8.56. The number of hydrogen-bond donors (Lipinski definition) is 2. The molecule has 2 N–H and O–H groups in total. The lowest BCUT2D eigenvalue weighted by molar-refractivity contribution is -0.121. The predicted molar refractivity (Wildman–Crippen MR) is 113 cm³/mol. The van der Waals surface area contributed by atoms with E-state index in [1.54, 1.807) is 9.36 Å². The third kappa shape index (κ3) is 4.73. The summed E-state index contributed by atoms with van der Waals surface area (Å²) in [5.41, 5.74) is 1.63. The van der Waals surface area contributed by atoms with E-state index in [0.29, 0.717) is 5.69 Å². The lowest BCUT2D eigenvalue weighted by Gasteiger charge is -2.31. The third-order valence-corrected chi connectivity index (χ3v) is 4.88. The number of piperazine rings is 1. The van der Waals surface area contributed by atoms with Crippen molar-refractivity contribution in [2.45, 2.75) is 19.9 Å². The van der Waals surface area contributed by atoms with Crippen LogP contribution in [0.25, 0.3) is 5.69 Å². The van der Waals surface area contributed by atoms with E-state index in [1.165, 1.54) is 0 Å². The quantitative estimate of drug-likeness (QED) is 0.794. The number of nitrogens with zero attached hydrogens (tertiary/aromatic N) is 3. The van der Waals surface area contributed by atoms with Gasteiger partial charge in [0, 0.05) is 33.2 Å². The number of rotatable bonds is 4. The number of carbonyl (C=O) groups is 1. The first-order chi connectivity index (χ1) is 12.0. The zero-order valence-electron chi connectivity index (χ0n) is 15.8. The Hall–Kier alpha value is -1.80. The molecule has 1 aromatic heterocycles. The van der Waals surface area contributed by atoms with Crippen molar-refractivity contribution >= 4 is 36.4 Å². The van der Waals surface area contributed by atoms with Crippen LogP contribution in [0, 0.1) is 6.92 Å². The molecule has 2 heterocycles. The van der Waals surface area contributed by atoms with Crippen LogP contribution in [0.2, 0.25) is 0 Å². The summed E-state index contributed by atoms with van der Waals surface area (Å²) in [6, 6.07) is 9.14. The van der Waals surface area contributed by atoms with Gasteiger partial charge in [0.1, 0.15) is 5.69 Å². The normalized spacial score (nSPS) is 15.4. The van der Waals surface area contributed by atoms with Crippen LogP contribution in [0.15, 0.2) is 35.1 Å². The van der Waals surface area contributed by atoms with Gasteiger partial charge in [0.25, 0.3) is 5.56 Å². The summed E-state index contributed by atoms with van der Waals surface area (Å²) in [6.07, 6.45) is 0. The number of amides is 1. The summed E-state index contributed by atoms with van der Waals surface area (Å²) < 4.78 is 3.34. The highest BCUT2D eigenvalue weighted by molar-refractivity contribution is 5.95. The number of aromatic nitrogens is 2. The summed E-state index contributed by atoms with van der Waals surface area (Å²) in [4.78, 5) is 27.6. The number of hydrogen-bond acceptors (Lipinski definition) is 4. The number of anilines is 1. The molecule has 1 aromatic carbocycles. The summed E-state index contributed by atoms with van der Waals surface area (Å²) in [5.74, 6) is -0.145. The van der Waals surface area contributed by atoms with Crippen molar-refractivity contribution in [3.63, 3.8) is 0 Å². The largest absolute Gasteiger partial charge is 0.319 e. The molecule has 1 unspecified atom stereocenters. The number of carbonyl (C=O) groups excluding carboxylic acids is 1. The Labute approximate surface area is 171 Å². The van der Waals surface area contributed by atoms with Gasteiger partial charge in [-0.25, -0.2) is 4.68 Å². The van der Waals surface area contributed by atoms with E-state index in [9.17, 15) is 9.59 Å². The lowest BCUT2D eigenvalue weighted by Crippen LogP contribution is -2.51. The van der Waals surface area contributed by atoms with Crippen LogP contribution in [0.3, 0.4) is 0 Å². The molecule has 1 amide bonds. The molecule has 1 aliphatic rings. The van der Waals surface area contributed by atoms with Crippen molar-refractivity contribution < 1.29 is 4.79 Å². The van der Waals surface area contributed by atoms with Crippen molar-refractivity contribution in [2.24, 2.45) is 7.05 Å². The molecule has 2 aromatic rings. The minimum atomic E-state index is -0.272. The van der Waals surface area contributed by atoms with Gasteiger partial charge in [0.15, 0.2) is 0 Å². The molecule has 1 aliphatic heterocycles. The highest BCUT2D eigenvalue weighted by Gasteiger charge is 2.25. The zero-order chi connectivity index (χ0) is 18.0. The summed E-state index contributed by atoms with van der Waals surface area (Å²) in [6.45, 7) is 7.14. The molecular weight excluding hydrogens is 389 g/mol. The average Bonchev–Trinajstić information content (AvgIpc) is 2.86. The van der Waals surface area contributed by atoms with Gasteiger partial charge in [-0.3, -0.25) is 19.2 Å². The Morgan fingerprint density at radius 1 is 1.15 bits per heavy atom. The monoisotopic (exact) mass is 415 g/mol. The van der Waals surface area contributed by atoms with Crippen LogP contribution in [0.5, 0.6) is 0 Å². The summed E-state index contributed by atoms with van der Waals surface area (Å²) >= 11 is 0. The Morgan fingerprint density at radius 2 is 1.74 bits per heavy atom. The SMILES string of the molecule is Cc1c(NC(=O)C(C)N2CCNCC2)c(=O)n(-c2ccccc2)n1C.Cl.Cl. The molecule has 150 valence electrons. The zero-order valence-corrected chi connectivity index (χ0v) is 17.4. The van der Waals surface area contributed by atoms with Gasteiger partial charge in [-0.15, -0.1) is 24.8 Å². The second kappa shape index (κ2) is 9.94. The van der Waals surface area contributed by atoms with E-state index in [-0.39, 0.29) is 42.3 Å². The predicted octanol–water partition coefficient (Wildman–Crippen LogP) is 1.56. The first-order valence-electron chi connectivity index (χ1n) is 8.60. The topological polar surface area (TPSA) is 71.3 Å². The van der Waals surface area contributed by atoms with Crippen molar-refractivity contribution in [1.82, 2.24) is 19.6 Å². The summed E-state index contributed by atoms with van der Waals surface area (Å²) in [5, 5.41) is 6.13. The van der Waals surface area contributed by atoms with Gasteiger partial charge >= 0.3 is 0 Å². The molecular formula is C18H27Cl2N5O2. The van der Waals surface area contributed by atoms with Crippen molar-refractivity contribution in [2.75, 3.05) is 31.5 Å². The number of halogens is 2. The lowest BCUT2D eigenvalue weighted by atomic mass is 10.2. The maximum Gasteiger partial charge on any atom is 0.295 e. The molecule has 27 heavy (non-hydrogen) atoms. The molecule has 9 heteroatoms. The van der Waals surface area contributed by atoms with Gasteiger partial charge in [-0.05, 0) is 26.0 Å². The highest BCUT2D eigenvalue weighted by Crippen LogP contribution is 2.15. The van der Waals surface area contributed by atoms with E-state index in [2.05, 4.69) is 15.5 Å². The average molecular weight is 416 g/mol. The highest BCUT2D eigenvalue weighted by atomic mass is 35.5. The van der Waals surface area contributed by atoms with Crippen LogP contribution in [0.1, 0.15) is 12.6 Å². The molecule has 0 bridgehead atoms. The maximum absolute atomic E-state index is 12.8. The van der Waals surface area contributed by atoms with Crippen LogP contribution in [0.4, 0.5) is 5.69 Å². The van der Waals surface area contributed by atoms with Gasteiger partial charge in [-0.2, -0.15) is 0 Å². The number of benzene rings is 1. The second-order valence-electron chi connectivity index (χ2n) is 6.39.